The number of aliphatic hydroxyl groups is 1. The highest BCUT2D eigenvalue weighted by atomic mass is 16.3. The van der Waals surface area contributed by atoms with Gasteiger partial charge in [-0.25, -0.2) is 0 Å². The second-order valence-electron chi connectivity index (χ2n) is 3.33. The number of aliphatic hydroxyl groups excluding tert-OH is 1. The Bertz CT molecular complexity index is 433. The molecule has 2 aromatic rings. The summed E-state index contributed by atoms with van der Waals surface area (Å²) in [6, 6.07) is 1.98. The minimum atomic E-state index is -0.0638. The van der Waals surface area contributed by atoms with E-state index in [-0.39, 0.29) is 6.61 Å². The Kier molecular flexibility index (Phi) is 2.77. The van der Waals surface area contributed by atoms with Crippen LogP contribution >= 0.6 is 0 Å². The summed E-state index contributed by atoms with van der Waals surface area (Å²) in [5, 5.41) is 20.6. The van der Waals surface area contributed by atoms with E-state index in [0.717, 1.165) is 18.7 Å². The molecule has 0 unspecified atom stereocenters. The van der Waals surface area contributed by atoms with Gasteiger partial charge >= 0.3 is 0 Å². The average molecular weight is 207 g/mol. The third kappa shape index (κ3) is 2.21. The van der Waals surface area contributed by atoms with Crippen molar-refractivity contribution in [3.8, 4) is 0 Å². The molecule has 0 saturated carbocycles. The quantitative estimate of drug-likeness (QED) is 0.750. The summed E-state index contributed by atoms with van der Waals surface area (Å²) >= 11 is 0. The molecule has 0 aliphatic carbocycles. The smallest absolute Gasteiger partial charge is 0.108 e. The van der Waals surface area contributed by atoms with Gasteiger partial charge in [0.15, 0.2) is 0 Å². The summed E-state index contributed by atoms with van der Waals surface area (Å²) in [7, 11) is 1.91. The van der Waals surface area contributed by atoms with Gasteiger partial charge < -0.3 is 5.11 Å². The van der Waals surface area contributed by atoms with Gasteiger partial charge in [0.1, 0.15) is 5.69 Å². The molecule has 2 rings (SSSR count). The predicted octanol–water partition coefficient (Wildman–Crippen LogP) is -0.253. The third-order valence-electron chi connectivity index (χ3n) is 2.27. The van der Waals surface area contributed by atoms with Crippen LogP contribution in [0.15, 0.2) is 18.5 Å². The Balaban J connectivity index is 1.96. The van der Waals surface area contributed by atoms with Crippen molar-refractivity contribution in [2.45, 2.75) is 19.6 Å². The van der Waals surface area contributed by atoms with Gasteiger partial charge in [0.25, 0.3) is 0 Å². The van der Waals surface area contributed by atoms with Crippen molar-refractivity contribution in [3.05, 3.63) is 29.8 Å². The van der Waals surface area contributed by atoms with E-state index in [4.69, 9.17) is 5.11 Å². The SMILES string of the molecule is Cn1nccc1CCn1cc(CO)nn1. The van der Waals surface area contributed by atoms with Gasteiger partial charge in [-0.2, -0.15) is 5.10 Å². The number of hydrogen-bond donors (Lipinski definition) is 1. The molecule has 6 nitrogen and oxygen atoms in total. The Labute approximate surface area is 87.1 Å². The second-order valence-corrected chi connectivity index (χ2v) is 3.33. The van der Waals surface area contributed by atoms with Crippen molar-refractivity contribution in [1.82, 2.24) is 24.8 Å². The van der Waals surface area contributed by atoms with Crippen molar-refractivity contribution in [2.24, 2.45) is 7.05 Å². The van der Waals surface area contributed by atoms with Crippen LogP contribution < -0.4 is 0 Å². The van der Waals surface area contributed by atoms with E-state index in [9.17, 15) is 0 Å². The molecule has 0 radical (unpaired) electrons. The van der Waals surface area contributed by atoms with E-state index in [1.807, 2.05) is 17.8 Å². The Morgan fingerprint density at radius 2 is 2.33 bits per heavy atom. The molecule has 0 bridgehead atoms. The van der Waals surface area contributed by atoms with Crippen molar-refractivity contribution < 1.29 is 5.11 Å². The van der Waals surface area contributed by atoms with Crippen LogP contribution in [0, 0.1) is 0 Å². The standard InChI is InChI=1S/C9H13N5O/c1-13-9(2-4-10-13)3-5-14-6-8(7-15)11-12-14/h2,4,6,15H,3,5,7H2,1H3. The molecular weight excluding hydrogens is 194 g/mol. The van der Waals surface area contributed by atoms with Gasteiger partial charge in [-0.05, 0) is 6.07 Å². The topological polar surface area (TPSA) is 68.8 Å². The molecule has 15 heavy (non-hydrogen) atoms. The van der Waals surface area contributed by atoms with Gasteiger partial charge in [-0.15, -0.1) is 5.10 Å². The highest BCUT2D eigenvalue weighted by Crippen LogP contribution is 2.00. The zero-order valence-corrected chi connectivity index (χ0v) is 8.54. The summed E-state index contributed by atoms with van der Waals surface area (Å²) in [6.07, 6.45) is 4.37. The molecule has 0 aliphatic heterocycles. The first-order valence-corrected chi connectivity index (χ1v) is 4.76. The summed E-state index contributed by atoms with van der Waals surface area (Å²) < 4.78 is 3.56. The molecule has 0 fully saturated rings. The predicted molar refractivity (Wildman–Crippen MR) is 52.9 cm³/mol. The normalized spacial score (nSPS) is 10.8. The van der Waals surface area contributed by atoms with Crippen LogP contribution in [-0.4, -0.2) is 29.9 Å². The van der Waals surface area contributed by atoms with Crippen LogP contribution in [0.4, 0.5) is 0 Å². The van der Waals surface area contributed by atoms with E-state index in [0.29, 0.717) is 5.69 Å². The van der Waals surface area contributed by atoms with Crippen LogP contribution in [0.1, 0.15) is 11.4 Å². The Morgan fingerprint density at radius 3 is 2.93 bits per heavy atom. The van der Waals surface area contributed by atoms with Crippen molar-refractivity contribution in [2.75, 3.05) is 0 Å². The van der Waals surface area contributed by atoms with Gasteiger partial charge in [0.05, 0.1) is 12.8 Å². The zero-order valence-electron chi connectivity index (χ0n) is 8.54. The number of aryl methyl sites for hydroxylation is 3. The maximum absolute atomic E-state index is 8.82. The van der Waals surface area contributed by atoms with Crippen LogP contribution in [0.25, 0.3) is 0 Å². The minimum Gasteiger partial charge on any atom is -0.390 e. The molecule has 0 aromatic carbocycles. The zero-order chi connectivity index (χ0) is 10.7. The summed E-state index contributed by atoms with van der Waals surface area (Å²) in [6.45, 7) is 0.679. The minimum absolute atomic E-state index is 0.0638. The fourth-order valence-corrected chi connectivity index (χ4v) is 1.40. The second kappa shape index (κ2) is 4.22. The summed E-state index contributed by atoms with van der Waals surface area (Å²) in [5.74, 6) is 0. The number of aromatic nitrogens is 5. The maximum Gasteiger partial charge on any atom is 0.108 e. The van der Waals surface area contributed by atoms with Crippen LogP contribution in [0.3, 0.4) is 0 Å². The fourth-order valence-electron chi connectivity index (χ4n) is 1.40. The number of rotatable bonds is 4. The largest absolute Gasteiger partial charge is 0.390 e. The van der Waals surface area contributed by atoms with E-state index in [1.165, 1.54) is 0 Å². The Hall–Kier alpha value is -1.69. The molecule has 0 atom stereocenters. The highest BCUT2D eigenvalue weighted by molar-refractivity contribution is 5.00. The first-order chi connectivity index (χ1) is 7.29. The lowest BCUT2D eigenvalue weighted by atomic mass is 10.3. The van der Waals surface area contributed by atoms with Gasteiger partial charge in [-0.3, -0.25) is 9.36 Å². The first kappa shape index (κ1) is 9.85. The molecule has 0 amide bonds. The van der Waals surface area contributed by atoms with Crippen LogP contribution in [0.5, 0.6) is 0 Å². The lowest BCUT2D eigenvalue weighted by Gasteiger charge is -2.01. The third-order valence-corrected chi connectivity index (χ3v) is 2.27. The Morgan fingerprint density at radius 1 is 1.47 bits per heavy atom. The molecule has 2 aromatic heterocycles. The molecule has 1 N–H and O–H groups in total. The monoisotopic (exact) mass is 207 g/mol. The van der Waals surface area contributed by atoms with Gasteiger partial charge in [0.2, 0.25) is 0 Å². The fraction of sp³-hybridized carbons (Fsp3) is 0.444. The molecule has 80 valence electrons. The average Bonchev–Trinajstić information content (AvgIpc) is 2.84. The highest BCUT2D eigenvalue weighted by Gasteiger charge is 2.01. The number of nitrogens with zero attached hydrogens (tertiary/aromatic N) is 5. The lowest BCUT2D eigenvalue weighted by Crippen LogP contribution is -2.06. The maximum atomic E-state index is 8.82. The van der Waals surface area contributed by atoms with Gasteiger partial charge in [0, 0.05) is 31.9 Å². The van der Waals surface area contributed by atoms with E-state index in [2.05, 4.69) is 15.4 Å². The van der Waals surface area contributed by atoms with E-state index < -0.39 is 0 Å². The van der Waals surface area contributed by atoms with E-state index in [1.54, 1.807) is 17.1 Å². The molecule has 0 aliphatic rings. The van der Waals surface area contributed by atoms with Crippen LogP contribution in [-0.2, 0) is 26.6 Å². The first-order valence-electron chi connectivity index (χ1n) is 4.76. The van der Waals surface area contributed by atoms with Crippen molar-refractivity contribution >= 4 is 0 Å². The summed E-state index contributed by atoms with van der Waals surface area (Å²) in [4.78, 5) is 0. The molecule has 0 saturated heterocycles. The molecule has 2 heterocycles. The van der Waals surface area contributed by atoms with Gasteiger partial charge in [-0.1, -0.05) is 5.21 Å². The summed E-state index contributed by atoms with van der Waals surface area (Å²) in [5.41, 5.74) is 1.75. The molecular formula is C9H13N5O. The van der Waals surface area contributed by atoms with Crippen molar-refractivity contribution in [3.63, 3.8) is 0 Å². The van der Waals surface area contributed by atoms with Crippen LogP contribution in [0.2, 0.25) is 0 Å². The molecule has 0 spiro atoms. The molecule has 6 heteroatoms. The number of hydrogen-bond acceptors (Lipinski definition) is 4. The van der Waals surface area contributed by atoms with E-state index >= 15 is 0 Å². The van der Waals surface area contributed by atoms with Crippen molar-refractivity contribution in [1.29, 1.82) is 0 Å². The lowest BCUT2D eigenvalue weighted by molar-refractivity contribution is 0.276.